The molecule has 146 valence electrons. The summed E-state index contributed by atoms with van der Waals surface area (Å²) in [4.78, 5) is 37.6. The first-order valence-corrected chi connectivity index (χ1v) is 9.94. The Morgan fingerprint density at radius 3 is 2.78 bits per heavy atom. The molecule has 1 N–H and O–H groups in total. The molecule has 0 aliphatic carbocycles. The van der Waals surface area contributed by atoms with Crippen molar-refractivity contribution in [3.05, 3.63) is 29.8 Å². The molecule has 0 aromatic heterocycles. The summed E-state index contributed by atoms with van der Waals surface area (Å²) in [6, 6.07) is 7.01. The van der Waals surface area contributed by atoms with Gasteiger partial charge in [0.05, 0.1) is 12.0 Å². The van der Waals surface area contributed by atoms with E-state index in [1.54, 1.807) is 23.8 Å². The monoisotopic (exact) mass is 392 g/mol. The second-order valence-electron chi connectivity index (χ2n) is 6.82. The number of ether oxygens (including phenoxy) is 2. The van der Waals surface area contributed by atoms with Crippen LogP contribution in [0.3, 0.4) is 0 Å². The van der Waals surface area contributed by atoms with Gasteiger partial charge >= 0.3 is 5.97 Å². The molecule has 2 amide bonds. The van der Waals surface area contributed by atoms with Gasteiger partial charge < -0.3 is 19.7 Å². The lowest BCUT2D eigenvalue weighted by Gasteiger charge is -2.29. The van der Waals surface area contributed by atoms with Crippen LogP contribution in [0, 0.1) is 0 Å². The summed E-state index contributed by atoms with van der Waals surface area (Å²) < 4.78 is 10.3. The topological polar surface area (TPSA) is 84.9 Å². The number of methoxy groups -OCH3 is 1. The SMILES string of the molecule is COc1ccc(CCNC(=O)COC(=O)[C@@H]2CS[C@]3(C)CCC(=O)N23)cc1. The van der Waals surface area contributed by atoms with Crippen LogP contribution in [0.2, 0.25) is 0 Å². The summed E-state index contributed by atoms with van der Waals surface area (Å²) in [5.41, 5.74) is 1.07. The van der Waals surface area contributed by atoms with Crippen LogP contribution in [0.25, 0.3) is 0 Å². The molecular weight excluding hydrogens is 368 g/mol. The maximum atomic E-state index is 12.3. The molecule has 2 saturated heterocycles. The molecule has 0 unspecified atom stereocenters. The zero-order valence-corrected chi connectivity index (χ0v) is 16.3. The fourth-order valence-electron chi connectivity index (χ4n) is 3.42. The fraction of sp³-hybridized carbons (Fsp3) is 0.526. The zero-order chi connectivity index (χ0) is 19.4. The number of benzene rings is 1. The summed E-state index contributed by atoms with van der Waals surface area (Å²) in [7, 11) is 1.61. The Labute approximate surface area is 162 Å². The highest BCUT2D eigenvalue weighted by molar-refractivity contribution is 8.01. The third-order valence-electron chi connectivity index (χ3n) is 4.96. The predicted octanol–water partition coefficient (Wildman–Crippen LogP) is 1.35. The number of amides is 2. The summed E-state index contributed by atoms with van der Waals surface area (Å²) in [5, 5.41) is 2.74. The summed E-state index contributed by atoms with van der Waals surface area (Å²) in [5.74, 6) is 0.422. The van der Waals surface area contributed by atoms with Gasteiger partial charge in [-0.05, 0) is 37.5 Å². The van der Waals surface area contributed by atoms with Crippen molar-refractivity contribution in [2.24, 2.45) is 0 Å². The van der Waals surface area contributed by atoms with Gasteiger partial charge in [0.1, 0.15) is 11.8 Å². The molecular formula is C19H24N2O5S. The van der Waals surface area contributed by atoms with Gasteiger partial charge in [0.25, 0.3) is 5.91 Å². The normalized spacial score (nSPS) is 23.9. The Bertz CT molecular complexity index is 723. The second kappa shape index (κ2) is 8.21. The van der Waals surface area contributed by atoms with Gasteiger partial charge in [0.2, 0.25) is 5.91 Å². The average molecular weight is 392 g/mol. The average Bonchev–Trinajstić information content (AvgIpc) is 3.16. The van der Waals surface area contributed by atoms with Gasteiger partial charge in [-0.3, -0.25) is 9.59 Å². The molecule has 27 heavy (non-hydrogen) atoms. The minimum atomic E-state index is -0.595. The lowest BCUT2D eigenvalue weighted by atomic mass is 10.1. The number of carbonyl (C=O) groups excluding carboxylic acids is 3. The van der Waals surface area contributed by atoms with Crippen molar-refractivity contribution in [2.75, 3.05) is 26.0 Å². The number of hydrogen-bond donors (Lipinski definition) is 1. The van der Waals surface area contributed by atoms with Gasteiger partial charge in [-0.1, -0.05) is 12.1 Å². The van der Waals surface area contributed by atoms with Gasteiger partial charge in [-0.15, -0.1) is 11.8 Å². The van der Waals surface area contributed by atoms with Crippen LogP contribution < -0.4 is 10.1 Å². The summed E-state index contributed by atoms with van der Waals surface area (Å²) >= 11 is 1.60. The van der Waals surface area contributed by atoms with Crippen molar-refractivity contribution < 1.29 is 23.9 Å². The van der Waals surface area contributed by atoms with Crippen LogP contribution >= 0.6 is 11.8 Å². The number of rotatable bonds is 7. The molecule has 2 aliphatic heterocycles. The Balaban J connectivity index is 1.40. The first-order valence-electron chi connectivity index (χ1n) is 8.95. The van der Waals surface area contributed by atoms with Gasteiger partial charge in [0.15, 0.2) is 6.61 Å². The molecule has 2 heterocycles. The van der Waals surface area contributed by atoms with Crippen LogP contribution in [0.4, 0.5) is 0 Å². The minimum Gasteiger partial charge on any atom is -0.497 e. The Kier molecular flexibility index (Phi) is 5.94. The number of esters is 1. The van der Waals surface area contributed by atoms with E-state index in [4.69, 9.17) is 9.47 Å². The highest BCUT2D eigenvalue weighted by atomic mass is 32.2. The van der Waals surface area contributed by atoms with E-state index in [1.807, 2.05) is 31.2 Å². The maximum Gasteiger partial charge on any atom is 0.330 e. The molecule has 0 spiro atoms. The fourth-order valence-corrected chi connectivity index (χ4v) is 4.83. The van der Waals surface area contributed by atoms with Crippen molar-refractivity contribution in [3.8, 4) is 5.75 Å². The largest absolute Gasteiger partial charge is 0.497 e. The van der Waals surface area contributed by atoms with E-state index in [2.05, 4.69) is 5.32 Å². The van der Waals surface area contributed by atoms with Crippen molar-refractivity contribution in [1.29, 1.82) is 0 Å². The number of thioether (sulfide) groups is 1. The van der Waals surface area contributed by atoms with Crippen molar-refractivity contribution in [3.63, 3.8) is 0 Å². The number of fused-ring (bicyclic) bond motifs is 1. The van der Waals surface area contributed by atoms with Crippen molar-refractivity contribution in [1.82, 2.24) is 10.2 Å². The lowest BCUT2D eigenvalue weighted by Crippen LogP contribution is -2.47. The highest BCUT2D eigenvalue weighted by Gasteiger charge is 2.53. The van der Waals surface area contributed by atoms with Gasteiger partial charge in [-0.25, -0.2) is 4.79 Å². The van der Waals surface area contributed by atoms with E-state index >= 15 is 0 Å². The van der Waals surface area contributed by atoms with Crippen molar-refractivity contribution >= 4 is 29.5 Å². The van der Waals surface area contributed by atoms with E-state index in [0.29, 0.717) is 25.1 Å². The predicted molar refractivity (Wildman–Crippen MR) is 101 cm³/mol. The molecule has 0 radical (unpaired) electrons. The molecule has 1 aromatic carbocycles. The third-order valence-corrected chi connectivity index (χ3v) is 6.46. The Hall–Kier alpha value is -2.22. The second-order valence-corrected chi connectivity index (χ2v) is 8.32. The molecule has 8 heteroatoms. The smallest absolute Gasteiger partial charge is 0.330 e. The van der Waals surface area contributed by atoms with Crippen LogP contribution in [0.15, 0.2) is 24.3 Å². The summed E-state index contributed by atoms with van der Waals surface area (Å²) in [6.45, 7) is 2.09. The molecule has 2 atom stereocenters. The van der Waals surface area contributed by atoms with Crippen LogP contribution in [-0.4, -0.2) is 59.6 Å². The standard InChI is InChI=1S/C19H24N2O5S/c1-19-9-7-17(23)21(19)15(12-27-19)18(24)26-11-16(22)20-10-8-13-3-5-14(25-2)6-4-13/h3-6,15H,7-12H2,1-2H3,(H,20,22)/t15-,19+/m0/s1. The van der Waals surface area contributed by atoms with E-state index in [0.717, 1.165) is 17.7 Å². The van der Waals surface area contributed by atoms with Gasteiger partial charge in [0, 0.05) is 18.7 Å². The van der Waals surface area contributed by atoms with E-state index < -0.39 is 12.0 Å². The molecule has 1 aromatic rings. The minimum absolute atomic E-state index is 0.0200. The number of hydrogen-bond acceptors (Lipinski definition) is 6. The van der Waals surface area contributed by atoms with Crippen LogP contribution in [0.5, 0.6) is 5.75 Å². The summed E-state index contributed by atoms with van der Waals surface area (Å²) in [6.07, 6.45) is 1.87. The van der Waals surface area contributed by atoms with Crippen LogP contribution in [-0.2, 0) is 25.5 Å². The molecule has 0 saturated carbocycles. The molecule has 3 rings (SSSR count). The maximum absolute atomic E-state index is 12.3. The van der Waals surface area contributed by atoms with Crippen molar-refractivity contribution in [2.45, 2.75) is 37.1 Å². The van der Waals surface area contributed by atoms with Crippen LogP contribution in [0.1, 0.15) is 25.3 Å². The Morgan fingerprint density at radius 1 is 1.33 bits per heavy atom. The molecule has 7 nitrogen and oxygen atoms in total. The number of carbonyl (C=O) groups is 3. The zero-order valence-electron chi connectivity index (χ0n) is 15.5. The van der Waals surface area contributed by atoms with E-state index in [-0.39, 0.29) is 23.3 Å². The Morgan fingerprint density at radius 2 is 2.07 bits per heavy atom. The quantitative estimate of drug-likeness (QED) is 0.705. The first-order chi connectivity index (χ1) is 12.9. The molecule has 2 fully saturated rings. The molecule has 0 bridgehead atoms. The first kappa shape index (κ1) is 19.5. The number of nitrogens with zero attached hydrogens (tertiary/aromatic N) is 1. The lowest BCUT2D eigenvalue weighted by molar-refractivity contribution is -0.156. The number of nitrogens with one attached hydrogen (secondary N) is 1. The van der Waals surface area contributed by atoms with Gasteiger partial charge in [-0.2, -0.15) is 0 Å². The molecule has 2 aliphatic rings. The van der Waals surface area contributed by atoms with E-state index in [9.17, 15) is 14.4 Å². The highest BCUT2D eigenvalue weighted by Crippen LogP contribution is 2.47. The third kappa shape index (κ3) is 4.37. The van der Waals surface area contributed by atoms with E-state index in [1.165, 1.54) is 0 Å².